The fourth-order valence-electron chi connectivity index (χ4n) is 3.69. The monoisotopic (exact) mass is 408 g/mol. The Labute approximate surface area is 176 Å². The first-order chi connectivity index (χ1) is 14.3. The lowest BCUT2D eigenvalue weighted by atomic mass is 9.95. The lowest BCUT2D eigenvalue weighted by Crippen LogP contribution is -2.36. The van der Waals surface area contributed by atoms with E-state index in [9.17, 15) is 4.79 Å². The summed E-state index contributed by atoms with van der Waals surface area (Å²) in [6, 6.07) is 3.91. The van der Waals surface area contributed by atoms with Crippen molar-refractivity contribution in [2.75, 3.05) is 0 Å². The molecule has 0 atom stereocenters. The summed E-state index contributed by atoms with van der Waals surface area (Å²) >= 11 is 0. The number of nitrogens with one attached hydrogen (secondary N) is 1. The topological polar surface area (TPSA) is 98.7 Å². The Morgan fingerprint density at radius 2 is 2.00 bits per heavy atom. The highest BCUT2D eigenvalue weighted by molar-refractivity contribution is 5.95. The Hall–Kier alpha value is -3.03. The molecule has 0 saturated heterocycles. The molecule has 0 aromatic carbocycles. The molecule has 1 aliphatic rings. The Bertz CT molecular complexity index is 1040. The summed E-state index contributed by atoms with van der Waals surface area (Å²) in [4.78, 5) is 21.7. The minimum atomic E-state index is -0.198. The number of pyridine rings is 1. The maximum atomic E-state index is 12.7. The summed E-state index contributed by atoms with van der Waals surface area (Å²) in [6.07, 6.45) is 8.97. The molecule has 8 nitrogen and oxygen atoms in total. The molecule has 1 saturated carbocycles. The molecule has 1 amide bonds. The third-order valence-electron chi connectivity index (χ3n) is 5.50. The van der Waals surface area contributed by atoms with Gasteiger partial charge in [0.15, 0.2) is 11.6 Å². The number of carbonyl (C=O) groups is 1. The van der Waals surface area contributed by atoms with E-state index in [1.807, 2.05) is 39.8 Å². The van der Waals surface area contributed by atoms with Gasteiger partial charge in [-0.05, 0) is 31.9 Å². The summed E-state index contributed by atoms with van der Waals surface area (Å²) in [5.74, 6) is 1.60. The van der Waals surface area contributed by atoms with Gasteiger partial charge in [0, 0.05) is 23.2 Å². The van der Waals surface area contributed by atoms with Gasteiger partial charge in [-0.15, -0.1) is 0 Å². The molecule has 1 N–H and O–H groups in total. The number of rotatable bonds is 4. The maximum absolute atomic E-state index is 12.7. The smallest absolute Gasteiger partial charge is 0.258 e. The van der Waals surface area contributed by atoms with Crippen LogP contribution in [0.4, 0.5) is 0 Å². The molecule has 0 bridgehead atoms. The third kappa shape index (κ3) is 4.13. The molecule has 0 unspecified atom stereocenters. The fourth-order valence-corrected chi connectivity index (χ4v) is 3.69. The number of amides is 1. The Morgan fingerprint density at radius 3 is 2.70 bits per heavy atom. The summed E-state index contributed by atoms with van der Waals surface area (Å²) in [6.45, 7) is 7.98. The summed E-state index contributed by atoms with van der Waals surface area (Å²) in [5, 5.41) is 11.6. The molecule has 1 fully saturated rings. The van der Waals surface area contributed by atoms with Gasteiger partial charge in [-0.2, -0.15) is 10.1 Å². The molecule has 8 heteroatoms. The molecular formula is C22H28N6O2. The standard InChI is InChI=1S/C22H28N6O2/c1-14-17(19(29)25-16-8-6-5-7-9-16)13-24-28(14)18-12-15(10-11-23-18)20-26-21(27-30-20)22(2,3)4/h10-13,16H,5-9H2,1-4H3,(H,25,29). The number of nitrogens with zero attached hydrogens (tertiary/aromatic N) is 5. The van der Waals surface area contributed by atoms with Gasteiger partial charge in [-0.3, -0.25) is 4.79 Å². The summed E-state index contributed by atoms with van der Waals surface area (Å²) < 4.78 is 7.11. The van der Waals surface area contributed by atoms with Crippen molar-refractivity contribution in [3.8, 4) is 17.3 Å². The first kappa shape index (κ1) is 20.3. The molecular weight excluding hydrogens is 380 g/mol. The minimum Gasteiger partial charge on any atom is -0.349 e. The number of hydrogen-bond donors (Lipinski definition) is 1. The zero-order valence-corrected chi connectivity index (χ0v) is 18.0. The lowest BCUT2D eigenvalue weighted by Gasteiger charge is -2.22. The van der Waals surface area contributed by atoms with Crippen LogP contribution >= 0.6 is 0 Å². The molecule has 0 spiro atoms. The van der Waals surface area contributed by atoms with Crippen LogP contribution in [0.5, 0.6) is 0 Å². The average molecular weight is 409 g/mol. The Kier molecular flexibility index (Phi) is 5.40. The maximum Gasteiger partial charge on any atom is 0.258 e. The quantitative estimate of drug-likeness (QED) is 0.701. The highest BCUT2D eigenvalue weighted by atomic mass is 16.5. The van der Waals surface area contributed by atoms with Crippen molar-refractivity contribution in [2.24, 2.45) is 0 Å². The molecule has 30 heavy (non-hydrogen) atoms. The van der Waals surface area contributed by atoms with Crippen molar-refractivity contribution in [3.05, 3.63) is 41.6 Å². The zero-order chi connectivity index (χ0) is 21.3. The fraction of sp³-hybridized carbons (Fsp3) is 0.500. The molecule has 3 aromatic heterocycles. The van der Waals surface area contributed by atoms with Gasteiger partial charge in [-0.25, -0.2) is 9.67 Å². The van der Waals surface area contributed by atoms with E-state index in [-0.39, 0.29) is 17.4 Å². The number of carbonyl (C=O) groups excluding carboxylic acids is 1. The second-order valence-corrected chi connectivity index (χ2v) is 8.94. The van der Waals surface area contributed by atoms with Crippen molar-refractivity contribution in [1.82, 2.24) is 30.2 Å². The van der Waals surface area contributed by atoms with Crippen LogP contribution in [-0.2, 0) is 5.41 Å². The van der Waals surface area contributed by atoms with E-state index in [1.54, 1.807) is 17.1 Å². The van der Waals surface area contributed by atoms with Crippen LogP contribution in [0.3, 0.4) is 0 Å². The predicted molar refractivity (Wildman–Crippen MR) is 112 cm³/mol. The molecule has 0 radical (unpaired) electrons. The van der Waals surface area contributed by atoms with Gasteiger partial charge in [0.05, 0.1) is 17.5 Å². The predicted octanol–water partition coefficient (Wildman–Crippen LogP) is 3.99. The van der Waals surface area contributed by atoms with Gasteiger partial charge in [-0.1, -0.05) is 45.2 Å². The van der Waals surface area contributed by atoms with Crippen LogP contribution in [0.25, 0.3) is 17.3 Å². The molecule has 3 heterocycles. The van der Waals surface area contributed by atoms with Gasteiger partial charge >= 0.3 is 0 Å². The van der Waals surface area contributed by atoms with E-state index >= 15 is 0 Å². The molecule has 1 aliphatic carbocycles. The normalized spacial score (nSPS) is 15.3. The van der Waals surface area contributed by atoms with Gasteiger partial charge in [0.2, 0.25) is 0 Å². The molecule has 0 aliphatic heterocycles. The van der Waals surface area contributed by atoms with Crippen molar-refractivity contribution in [2.45, 2.75) is 71.3 Å². The SMILES string of the molecule is Cc1c(C(=O)NC2CCCCC2)cnn1-c1cc(-c2nc(C(C)(C)C)no2)ccn1. The molecule has 3 aromatic rings. The van der Waals surface area contributed by atoms with Crippen molar-refractivity contribution >= 4 is 5.91 Å². The Balaban J connectivity index is 1.57. The second-order valence-electron chi connectivity index (χ2n) is 8.94. The number of aromatic nitrogens is 5. The third-order valence-corrected chi connectivity index (χ3v) is 5.50. The van der Waals surface area contributed by atoms with Crippen molar-refractivity contribution in [1.29, 1.82) is 0 Å². The van der Waals surface area contributed by atoms with E-state index in [2.05, 4.69) is 25.5 Å². The minimum absolute atomic E-state index is 0.0754. The first-order valence-corrected chi connectivity index (χ1v) is 10.5. The van der Waals surface area contributed by atoms with E-state index in [1.165, 1.54) is 19.3 Å². The van der Waals surface area contributed by atoms with Crippen LogP contribution < -0.4 is 5.32 Å². The number of hydrogen-bond acceptors (Lipinski definition) is 6. The van der Waals surface area contributed by atoms with Gasteiger partial charge in [0.1, 0.15) is 0 Å². The van der Waals surface area contributed by atoms with Crippen LogP contribution in [0, 0.1) is 6.92 Å². The van der Waals surface area contributed by atoms with Crippen LogP contribution in [0.1, 0.15) is 74.8 Å². The first-order valence-electron chi connectivity index (χ1n) is 10.5. The van der Waals surface area contributed by atoms with E-state index < -0.39 is 0 Å². The average Bonchev–Trinajstić information content (AvgIpc) is 3.36. The highest BCUT2D eigenvalue weighted by Crippen LogP contribution is 2.25. The van der Waals surface area contributed by atoms with E-state index in [0.717, 1.165) is 24.1 Å². The van der Waals surface area contributed by atoms with Crippen molar-refractivity contribution < 1.29 is 9.32 Å². The summed E-state index contributed by atoms with van der Waals surface area (Å²) in [7, 11) is 0. The Morgan fingerprint density at radius 1 is 1.23 bits per heavy atom. The highest BCUT2D eigenvalue weighted by Gasteiger charge is 2.23. The lowest BCUT2D eigenvalue weighted by molar-refractivity contribution is 0.0927. The van der Waals surface area contributed by atoms with Gasteiger partial charge in [0.25, 0.3) is 11.8 Å². The molecule has 158 valence electrons. The van der Waals surface area contributed by atoms with Gasteiger partial charge < -0.3 is 9.84 Å². The van der Waals surface area contributed by atoms with Crippen molar-refractivity contribution in [3.63, 3.8) is 0 Å². The largest absolute Gasteiger partial charge is 0.349 e. The van der Waals surface area contributed by atoms with E-state index in [4.69, 9.17) is 4.52 Å². The summed E-state index contributed by atoms with van der Waals surface area (Å²) in [5.41, 5.74) is 1.87. The van der Waals surface area contributed by atoms with E-state index in [0.29, 0.717) is 23.1 Å². The molecule has 4 rings (SSSR count). The van der Waals surface area contributed by atoms with Crippen LogP contribution in [0.15, 0.2) is 29.0 Å². The second kappa shape index (κ2) is 8.01. The van der Waals surface area contributed by atoms with Crippen LogP contribution in [-0.4, -0.2) is 36.9 Å². The zero-order valence-electron chi connectivity index (χ0n) is 18.0. The van der Waals surface area contributed by atoms with Crippen LogP contribution in [0.2, 0.25) is 0 Å².